The van der Waals surface area contributed by atoms with Gasteiger partial charge in [0.2, 0.25) is 5.91 Å². The summed E-state index contributed by atoms with van der Waals surface area (Å²) >= 11 is 0. The van der Waals surface area contributed by atoms with Crippen LogP contribution in [-0.2, 0) is 6.54 Å². The van der Waals surface area contributed by atoms with Crippen LogP contribution in [0.5, 0.6) is 0 Å². The number of benzene rings is 1. The van der Waals surface area contributed by atoms with Gasteiger partial charge in [0, 0.05) is 30.3 Å². The van der Waals surface area contributed by atoms with E-state index in [0.29, 0.717) is 24.7 Å². The monoisotopic (exact) mass is 293 g/mol. The van der Waals surface area contributed by atoms with E-state index in [0.717, 1.165) is 25.3 Å². The van der Waals surface area contributed by atoms with E-state index in [1.165, 1.54) is 12.5 Å². The molecule has 1 aromatic carbocycles. The molecular formula is C16H24FN3O. The summed E-state index contributed by atoms with van der Waals surface area (Å²) in [4.78, 5) is 13.3. The zero-order valence-electron chi connectivity index (χ0n) is 12.5. The number of halogens is 1. The third-order valence-electron chi connectivity index (χ3n) is 4.51. The molecule has 2 atom stereocenters. The van der Waals surface area contributed by atoms with Crippen molar-refractivity contribution in [3.05, 3.63) is 35.1 Å². The van der Waals surface area contributed by atoms with Crippen molar-refractivity contribution in [3.63, 3.8) is 0 Å². The zero-order valence-corrected chi connectivity index (χ0v) is 12.5. The third kappa shape index (κ3) is 3.80. The number of amides is 1. The second-order valence-corrected chi connectivity index (χ2v) is 5.83. The minimum Gasteiger partial charge on any atom is -0.366 e. The van der Waals surface area contributed by atoms with Crippen LogP contribution in [0.2, 0.25) is 0 Å². The lowest BCUT2D eigenvalue weighted by Crippen LogP contribution is -2.46. The second-order valence-electron chi connectivity index (χ2n) is 5.83. The Morgan fingerprint density at radius 3 is 2.81 bits per heavy atom. The number of nitrogens with two attached hydrogens (primary N) is 2. The summed E-state index contributed by atoms with van der Waals surface area (Å²) in [6, 6.07) is 4.75. The number of nitrogens with zero attached hydrogens (tertiary/aromatic N) is 1. The van der Waals surface area contributed by atoms with Crippen molar-refractivity contribution in [2.24, 2.45) is 17.4 Å². The number of hydrogen-bond acceptors (Lipinski definition) is 3. The molecule has 0 radical (unpaired) electrons. The Bertz CT molecular complexity index is 506. The summed E-state index contributed by atoms with van der Waals surface area (Å²) in [5, 5.41) is 0. The molecule has 2 unspecified atom stereocenters. The fraction of sp³-hybridized carbons (Fsp3) is 0.562. The van der Waals surface area contributed by atoms with E-state index in [2.05, 4.69) is 11.8 Å². The normalized spacial score (nSPS) is 23.2. The van der Waals surface area contributed by atoms with Gasteiger partial charge in [-0.2, -0.15) is 0 Å². The Kier molecular flexibility index (Phi) is 5.31. The average molecular weight is 293 g/mol. The van der Waals surface area contributed by atoms with Crippen molar-refractivity contribution in [2.45, 2.75) is 38.8 Å². The van der Waals surface area contributed by atoms with Gasteiger partial charge in [0.25, 0.3) is 0 Å². The smallest absolute Gasteiger partial charge is 0.248 e. The Morgan fingerprint density at radius 1 is 1.48 bits per heavy atom. The summed E-state index contributed by atoms with van der Waals surface area (Å²) in [6.07, 6.45) is 3.38. The van der Waals surface area contributed by atoms with Gasteiger partial charge >= 0.3 is 0 Å². The van der Waals surface area contributed by atoms with Crippen LogP contribution in [0.3, 0.4) is 0 Å². The Labute approximate surface area is 125 Å². The predicted molar refractivity (Wildman–Crippen MR) is 81.2 cm³/mol. The van der Waals surface area contributed by atoms with E-state index in [1.807, 2.05) is 0 Å². The summed E-state index contributed by atoms with van der Waals surface area (Å²) < 4.78 is 14.1. The van der Waals surface area contributed by atoms with E-state index in [-0.39, 0.29) is 11.4 Å². The molecule has 1 heterocycles. The van der Waals surface area contributed by atoms with Crippen LogP contribution < -0.4 is 11.5 Å². The average Bonchev–Trinajstić information content (AvgIpc) is 2.49. The number of piperidine rings is 1. The highest BCUT2D eigenvalue weighted by Gasteiger charge is 2.27. The van der Waals surface area contributed by atoms with Crippen molar-refractivity contribution in [1.82, 2.24) is 4.90 Å². The lowest BCUT2D eigenvalue weighted by atomic mass is 9.88. The van der Waals surface area contributed by atoms with Crippen molar-refractivity contribution in [2.75, 3.05) is 13.1 Å². The highest BCUT2D eigenvalue weighted by Crippen LogP contribution is 2.26. The van der Waals surface area contributed by atoms with Gasteiger partial charge in [-0.05, 0) is 37.4 Å². The van der Waals surface area contributed by atoms with Crippen LogP contribution in [0.1, 0.15) is 42.1 Å². The van der Waals surface area contributed by atoms with Gasteiger partial charge in [0.1, 0.15) is 5.82 Å². The van der Waals surface area contributed by atoms with Gasteiger partial charge in [-0.25, -0.2) is 4.39 Å². The van der Waals surface area contributed by atoms with Crippen molar-refractivity contribution in [1.29, 1.82) is 0 Å². The quantitative estimate of drug-likeness (QED) is 0.870. The minimum atomic E-state index is -0.607. The van der Waals surface area contributed by atoms with Gasteiger partial charge in [0.05, 0.1) is 0 Å². The molecule has 1 saturated heterocycles. The molecule has 5 heteroatoms. The van der Waals surface area contributed by atoms with Crippen LogP contribution in [-0.4, -0.2) is 29.9 Å². The molecule has 1 aromatic rings. The zero-order chi connectivity index (χ0) is 15.4. The molecule has 116 valence electrons. The molecule has 0 bridgehead atoms. The molecule has 21 heavy (non-hydrogen) atoms. The van der Waals surface area contributed by atoms with Crippen LogP contribution in [0.25, 0.3) is 0 Å². The maximum Gasteiger partial charge on any atom is 0.248 e. The number of rotatable bonds is 5. The first-order chi connectivity index (χ1) is 10.0. The standard InChI is InChI=1S/C16H24FN3O/c1-2-11-5-6-20(14(7-11)9-18)10-13-4-3-12(16(19)21)8-15(13)17/h3-4,8,11,14H,2,5-7,9-10,18H2,1H3,(H2,19,21). The number of hydrogen-bond donors (Lipinski definition) is 2. The van der Waals surface area contributed by atoms with Crippen LogP contribution in [0, 0.1) is 11.7 Å². The predicted octanol–water partition coefficient (Wildman–Crippen LogP) is 1.87. The van der Waals surface area contributed by atoms with Crippen LogP contribution in [0.15, 0.2) is 18.2 Å². The molecule has 4 nitrogen and oxygen atoms in total. The Hall–Kier alpha value is -1.46. The SMILES string of the molecule is CCC1CCN(Cc2ccc(C(N)=O)cc2F)C(CN)C1. The van der Waals surface area contributed by atoms with Gasteiger partial charge in [-0.1, -0.05) is 19.4 Å². The maximum absolute atomic E-state index is 14.1. The fourth-order valence-electron chi connectivity index (χ4n) is 3.05. The summed E-state index contributed by atoms with van der Waals surface area (Å²) in [5.74, 6) is -0.263. The van der Waals surface area contributed by atoms with Crippen LogP contribution in [0.4, 0.5) is 4.39 Å². The second kappa shape index (κ2) is 7.00. The van der Waals surface area contributed by atoms with E-state index in [4.69, 9.17) is 11.5 Å². The van der Waals surface area contributed by atoms with Crippen molar-refractivity contribution < 1.29 is 9.18 Å². The van der Waals surface area contributed by atoms with Crippen LogP contribution >= 0.6 is 0 Å². The Balaban J connectivity index is 2.08. The first kappa shape index (κ1) is 15.9. The molecule has 0 aliphatic carbocycles. The summed E-state index contributed by atoms with van der Waals surface area (Å²) in [7, 11) is 0. The first-order valence-corrected chi connectivity index (χ1v) is 7.57. The van der Waals surface area contributed by atoms with E-state index >= 15 is 0 Å². The number of carbonyl (C=O) groups excluding carboxylic acids is 1. The summed E-state index contributed by atoms with van der Waals surface area (Å²) in [6.45, 7) is 4.27. The fourth-order valence-corrected chi connectivity index (χ4v) is 3.05. The summed E-state index contributed by atoms with van der Waals surface area (Å²) in [5.41, 5.74) is 11.8. The minimum absolute atomic E-state index is 0.205. The third-order valence-corrected chi connectivity index (χ3v) is 4.51. The van der Waals surface area contributed by atoms with E-state index in [9.17, 15) is 9.18 Å². The van der Waals surface area contributed by atoms with Crippen molar-refractivity contribution >= 4 is 5.91 Å². The number of likely N-dealkylation sites (tertiary alicyclic amines) is 1. The molecule has 2 rings (SSSR count). The van der Waals surface area contributed by atoms with Gasteiger partial charge in [0.15, 0.2) is 0 Å². The highest BCUT2D eigenvalue weighted by molar-refractivity contribution is 5.92. The van der Waals surface area contributed by atoms with E-state index < -0.39 is 5.91 Å². The van der Waals surface area contributed by atoms with Crippen molar-refractivity contribution in [3.8, 4) is 0 Å². The molecule has 1 aliphatic heterocycles. The maximum atomic E-state index is 14.1. The molecule has 1 amide bonds. The molecule has 0 spiro atoms. The molecule has 4 N–H and O–H groups in total. The lowest BCUT2D eigenvalue weighted by Gasteiger charge is -2.39. The molecule has 0 aromatic heterocycles. The first-order valence-electron chi connectivity index (χ1n) is 7.57. The highest BCUT2D eigenvalue weighted by atomic mass is 19.1. The largest absolute Gasteiger partial charge is 0.366 e. The molecular weight excluding hydrogens is 269 g/mol. The number of primary amides is 1. The molecule has 1 aliphatic rings. The Morgan fingerprint density at radius 2 is 2.24 bits per heavy atom. The van der Waals surface area contributed by atoms with Gasteiger partial charge in [-0.3, -0.25) is 9.69 Å². The molecule has 0 saturated carbocycles. The lowest BCUT2D eigenvalue weighted by molar-refractivity contribution is 0.0998. The van der Waals surface area contributed by atoms with Gasteiger partial charge < -0.3 is 11.5 Å². The topological polar surface area (TPSA) is 72.3 Å². The molecule has 1 fully saturated rings. The number of carbonyl (C=O) groups is 1. The van der Waals surface area contributed by atoms with Gasteiger partial charge in [-0.15, -0.1) is 0 Å². The van der Waals surface area contributed by atoms with E-state index in [1.54, 1.807) is 12.1 Å².